The van der Waals surface area contributed by atoms with Crippen LogP contribution in [0.15, 0.2) is 24.3 Å². The quantitative estimate of drug-likeness (QED) is 0.453. The number of hydrogen-bond acceptors (Lipinski definition) is 4. The van der Waals surface area contributed by atoms with Crippen LogP contribution < -0.4 is 4.18 Å². The van der Waals surface area contributed by atoms with Crippen molar-refractivity contribution in [3.8, 4) is 23.1 Å². The molecule has 0 saturated heterocycles. The molecule has 0 aliphatic carbocycles. The number of hydrogen-bond donors (Lipinski definition) is 1. The van der Waals surface area contributed by atoms with Crippen molar-refractivity contribution >= 4 is 21.7 Å². The molecular weight excluding hydrogens is 414 g/mol. The van der Waals surface area contributed by atoms with Crippen LogP contribution in [-0.4, -0.2) is 18.9 Å². The monoisotopic (exact) mass is 418 g/mol. The molecular formula is C13H5ClF6N2O3S. The van der Waals surface area contributed by atoms with E-state index in [1.165, 1.54) is 6.07 Å². The largest absolute Gasteiger partial charge is 0.534 e. The number of aromatic nitrogens is 1. The number of nitrogens with one attached hydrogen (secondary N) is 1. The lowest BCUT2D eigenvalue weighted by Crippen LogP contribution is -2.28. The zero-order valence-electron chi connectivity index (χ0n) is 12.0. The van der Waals surface area contributed by atoms with Crippen LogP contribution in [0.1, 0.15) is 11.3 Å². The van der Waals surface area contributed by atoms with Crippen molar-refractivity contribution in [3.05, 3.63) is 40.5 Å². The minimum absolute atomic E-state index is 0.0595. The lowest BCUT2D eigenvalue weighted by molar-refractivity contribution is -0.140. The molecule has 5 nitrogen and oxygen atoms in total. The van der Waals surface area contributed by atoms with E-state index >= 15 is 0 Å². The number of nitrogens with zero attached hydrogens (tertiary/aromatic N) is 1. The van der Waals surface area contributed by atoms with Gasteiger partial charge in [-0.2, -0.15) is 40.0 Å². The normalized spacial score (nSPS) is 12.7. The molecule has 1 heterocycles. The van der Waals surface area contributed by atoms with E-state index in [2.05, 4.69) is 4.18 Å². The Kier molecular flexibility index (Phi) is 4.91. The van der Waals surface area contributed by atoms with E-state index in [0.29, 0.717) is 0 Å². The van der Waals surface area contributed by atoms with Crippen molar-refractivity contribution in [3.63, 3.8) is 0 Å². The molecule has 0 unspecified atom stereocenters. The molecule has 1 N–H and O–H groups in total. The van der Waals surface area contributed by atoms with E-state index in [-0.39, 0.29) is 11.3 Å². The summed E-state index contributed by atoms with van der Waals surface area (Å²) in [5.74, 6) is -0.724. The molecule has 0 bridgehead atoms. The molecule has 13 heteroatoms. The van der Waals surface area contributed by atoms with Crippen molar-refractivity contribution in [2.24, 2.45) is 0 Å². The highest BCUT2D eigenvalue weighted by atomic mass is 35.5. The summed E-state index contributed by atoms with van der Waals surface area (Å²) in [6.07, 6.45) is -4.87. The van der Waals surface area contributed by atoms with Crippen molar-refractivity contribution in [2.75, 3.05) is 0 Å². The van der Waals surface area contributed by atoms with Gasteiger partial charge in [0.05, 0.1) is 16.3 Å². The molecule has 0 spiro atoms. The Morgan fingerprint density at radius 3 is 2.04 bits per heavy atom. The molecule has 0 fully saturated rings. The van der Waals surface area contributed by atoms with Gasteiger partial charge >= 0.3 is 21.8 Å². The predicted molar refractivity (Wildman–Crippen MR) is 76.6 cm³/mol. The van der Waals surface area contributed by atoms with Gasteiger partial charge in [0, 0.05) is 0 Å². The molecule has 0 amide bonds. The van der Waals surface area contributed by atoms with E-state index < -0.39 is 43.8 Å². The topological polar surface area (TPSA) is 82.9 Å². The van der Waals surface area contributed by atoms with Gasteiger partial charge in [0.2, 0.25) is 0 Å². The third-order valence-corrected chi connectivity index (χ3v) is 4.32. The minimum atomic E-state index is -5.89. The van der Waals surface area contributed by atoms with Gasteiger partial charge in [0.25, 0.3) is 0 Å². The molecule has 2 rings (SSSR count). The second-order valence-corrected chi connectivity index (χ2v) is 6.60. The van der Waals surface area contributed by atoms with Gasteiger partial charge in [-0.05, 0) is 29.8 Å². The molecule has 0 atom stereocenters. The maximum atomic E-state index is 12.8. The molecule has 0 radical (unpaired) electrons. The number of rotatable bonds is 3. The summed E-state index contributed by atoms with van der Waals surface area (Å²) in [7, 11) is -5.89. The SMILES string of the molecule is N#Cc1c(-c2ccc(OS(=O)(=O)C(F)(F)F)cc2)[nH]c(C(F)(F)F)c1Cl. The standard InChI is InChI=1S/C13H5ClF6N2O3S/c14-9-8(5-21)10(22-11(9)12(15,16)17)6-1-3-7(4-2-6)25-26(23,24)13(18,19)20/h1-4,22H. The fourth-order valence-electron chi connectivity index (χ4n) is 1.84. The average Bonchev–Trinajstić information content (AvgIpc) is 2.83. The minimum Gasteiger partial charge on any atom is -0.376 e. The summed E-state index contributed by atoms with van der Waals surface area (Å²) in [6, 6.07) is 4.97. The zero-order chi connectivity index (χ0) is 19.9. The summed E-state index contributed by atoms with van der Waals surface area (Å²) in [4.78, 5) is 1.93. The smallest absolute Gasteiger partial charge is 0.376 e. The highest BCUT2D eigenvalue weighted by molar-refractivity contribution is 7.88. The summed E-state index contributed by atoms with van der Waals surface area (Å²) in [6.45, 7) is 0. The van der Waals surface area contributed by atoms with Crippen LogP contribution in [0.3, 0.4) is 0 Å². The van der Waals surface area contributed by atoms with Crippen LogP contribution >= 0.6 is 11.6 Å². The van der Waals surface area contributed by atoms with Crippen LogP contribution in [0.2, 0.25) is 5.02 Å². The van der Waals surface area contributed by atoms with Gasteiger partial charge in [-0.25, -0.2) is 0 Å². The fraction of sp³-hybridized carbons (Fsp3) is 0.154. The van der Waals surface area contributed by atoms with Crippen LogP contribution in [-0.2, 0) is 16.3 Å². The molecule has 0 aliphatic heterocycles. The zero-order valence-corrected chi connectivity index (χ0v) is 13.6. The number of aromatic amines is 1. The van der Waals surface area contributed by atoms with Gasteiger partial charge in [-0.3, -0.25) is 0 Å². The molecule has 1 aromatic heterocycles. The van der Waals surface area contributed by atoms with Crippen LogP contribution in [0.5, 0.6) is 5.75 Å². The fourth-order valence-corrected chi connectivity index (χ4v) is 2.60. The van der Waals surface area contributed by atoms with Gasteiger partial charge in [0.1, 0.15) is 17.5 Å². The number of alkyl halides is 6. The van der Waals surface area contributed by atoms with Gasteiger partial charge in [0.15, 0.2) is 0 Å². The Labute approximate surface area is 146 Å². The molecule has 1 aromatic carbocycles. The Balaban J connectivity index is 2.43. The second kappa shape index (κ2) is 6.40. The molecule has 26 heavy (non-hydrogen) atoms. The van der Waals surface area contributed by atoms with Gasteiger partial charge in [-0.15, -0.1) is 0 Å². The number of halogens is 7. The molecule has 0 aliphatic rings. The first kappa shape index (κ1) is 19.9. The van der Waals surface area contributed by atoms with E-state index in [9.17, 15) is 34.8 Å². The van der Waals surface area contributed by atoms with Crippen LogP contribution in [0.4, 0.5) is 26.3 Å². The Morgan fingerprint density at radius 1 is 1.08 bits per heavy atom. The highest BCUT2D eigenvalue weighted by Gasteiger charge is 2.48. The van der Waals surface area contributed by atoms with Crippen molar-refractivity contribution in [1.82, 2.24) is 4.98 Å². The first-order valence-corrected chi connectivity index (χ1v) is 8.06. The van der Waals surface area contributed by atoms with Gasteiger partial charge in [-0.1, -0.05) is 11.6 Å². The second-order valence-electron chi connectivity index (χ2n) is 4.68. The van der Waals surface area contributed by atoms with Crippen LogP contribution in [0, 0.1) is 11.3 Å². The van der Waals surface area contributed by atoms with Crippen molar-refractivity contribution in [1.29, 1.82) is 5.26 Å². The maximum Gasteiger partial charge on any atom is 0.534 e. The summed E-state index contributed by atoms with van der Waals surface area (Å²) < 4.78 is 101. The van der Waals surface area contributed by atoms with Gasteiger partial charge < -0.3 is 9.17 Å². The average molecular weight is 419 g/mol. The summed E-state index contributed by atoms with van der Waals surface area (Å²) in [5.41, 5.74) is -7.94. The third-order valence-electron chi connectivity index (χ3n) is 2.97. The Bertz CT molecular complexity index is 972. The Morgan fingerprint density at radius 2 is 1.62 bits per heavy atom. The van der Waals surface area contributed by atoms with E-state index in [4.69, 9.17) is 16.9 Å². The Hall–Kier alpha value is -2.39. The summed E-state index contributed by atoms with van der Waals surface area (Å²) in [5, 5.41) is 8.12. The molecule has 140 valence electrons. The predicted octanol–water partition coefficient (Wildman–Crippen LogP) is 4.45. The summed E-state index contributed by atoms with van der Waals surface area (Å²) >= 11 is 5.53. The maximum absolute atomic E-state index is 12.8. The van der Waals surface area contributed by atoms with Crippen molar-refractivity contribution in [2.45, 2.75) is 11.7 Å². The third kappa shape index (κ3) is 3.73. The lowest BCUT2D eigenvalue weighted by Gasteiger charge is -2.09. The number of nitriles is 1. The van der Waals surface area contributed by atoms with E-state index in [1.807, 2.05) is 4.98 Å². The van der Waals surface area contributed by atoms with Crippen LogP contribution in [0.25, 0.3) is 11.3 Å². The highest BCUT2D eigenvalue weighted by Crippen LogP contribution is 2.40. The number of benzene rings is 1. The molecule has 0 saturated carbocycles. The van der Waals surface area contributed by atoms with Crippen molar-refractivity contribution < 1.29 is 38.9 Å². The van der Waals surface area contributed by atoms with E-state index in [1.54, 1.807) is 0 Å². The number of H-pyrrole nitrogens is 1. The first-order chi connectivity index (χ1) is 11.8. The molecule has 2 aromatic rings. The van der Waals surface area contributed by atoms with E-state index in [0.717, 1.165) is 24.3 Å². The lowest BCUT2D eigenvalue weighted by atomic mass is 10.1. The first-order valence-electron chi connectivity index (χ1n) is 6.28.